The van der Waals surface area contributed by atoms with E-state index in [4.69, 9.17) is 9.47 Å². The normalized spacial score (nSPS) is 17.7. The fourth-order valence-corrected chi connectivity index (χ4v) is 4.79. The third-order valence-electron chi connectivity index (χ3n) is 5.48. The van der Waals surface area contributed by atoms with Crippen LogP contribution in [0.5, 0.6) is 11.5 Å². The van der Waals surface area contributed by atoms with Gasteiger partial charge in [0.25, 0.3) is 5.91 Å². The van der Waals surface area contributed by atoms with Crippen molar-refractivity contribution in [2.24, 2.45) is 5.92 Å². The van der Waals surface area contributed by atoms with Crippen LogP contribution < -0.4 is 19.5 Å². The molecule has 0 saturated heterocycles. The summed E-state index contributed by atoms with van der Waals surface area (Å²) in [6.45, 7) is 5.14. The molecular formula is C23H28N2O5S. The number of carbonyl (C=O) groups excluding carboxylic acids is 1. The van der Waals surface area contributed by atoms with Gasteiger partial charge in [0.15, 0.2) is 0 Å². The Morgan fingerprint density at radius 3 is 2.77 bits per heavy atom. The standard InChI is InChI=1S/C23H28N2O5S/c1-3-29-21-11-18-9-15(2)30-22(18)12-19(21)14-24-23(26)17-5-4-6-20(10-17)31(27,28)25-13-16-7-8-16/h4-6,10-12,15-16,25H,3,7-9,13-14H2,1-2H3,(H,24,26)/t15-/m1/s1. The summed E-state index contributed by atoms with van der Waals surface area (Å²) in [5, 5.41) is 2.87. The molecule has 1 atom stereocenters. The van der Waals surface area contributed by atoms with Crippen molar-refractivity contribution < 1.29 is 22.7 Å². The smallest absolute Gasteiger partial charge is 0.251 e. The first-order valence-corrected chi connectivity index (χ1v) is 12.2. The molecule has 7 nitrogen and oxygen atoms in total. The molecule has 1 amide bonds. The zero-order valence-corrected chi connectivity index (χ0v) is 18.6. The van der Waals surface area contributed by atoms with Crippen LogP contribution in [0, 0.1) is 5.92 Å². The molecule has 0 radical (unpaired) electrons. The highest BCUT2D eigenvalue weighted by molar-refractivity contribution is 7.89. The highest BCUT2D eigenvalue weighted by atomic mass is 32.2. The van der Waals surface area contributed by atoms with E-state index in [9.17, 15) is 13.2 Å². The van der Waals surface area contributed by atoms with E-state index in [0.717, 1.165) is 41.9 Å². The van der Waals surface area contributed by atoms with Gasteiger partial charge in [-0.05, 0) is 62.9 Å². The van der Waals surface area contributed by atoms with E-state index in [1.807, 2.05) is 26.0 Å². The Labute approximate surface area is 183 Å². The van der Waals surface area contributed by atoms with Gasteiger partial charge >= 0.3 is 0 Å². The highest BCUT2D eigenvalue weighted by Gasteiger charge is 2.25. The Morgan fingerprint density at radius 2 is 2.03 bits per heavy atom. The predicted octanol–water partition coefficient (Wildman–Crippen LogP) is 3.03. The maximum absolute atomic E-state index is 12.7. The van der Waals surface area contributed by atoms with Crippen LogP contribution in [0.4, 0.5) is 0 Å². The van der Waals surface area contributed by atoms with E-state index in [1.54, 1.807) is 12.1 Å². The number of hydrogen-bond acceptors (Lipinski definition) is 5. The summed E-state index contributed by atoms with van der Waals surface area (Å²) in [6, 6.07) is 9.97. The summed E-state index contributed by atoms with van der Waals surface area (Å²) in [4.78, 5) is 12.8. The number of nitrogens with one attached hydrogen (secondary N) is 2. The van der Waals surface area contributed by atoms with Crippen LogP contribution in [0.25, 0.3) is 0 Å². The lowest BCUT2D eigenvalue weighted by molar-refractivity contribution is 0.0950. The molecule has 1 aliphatic heterocycles. The molecule has 2 aromatic rings. The van der Waals surface area contributed by atoms with Gasteiger partial charge in [0, 0.05) is 36.2 Å². The minimum Gasteiger partial charge on any atom is -0.494 e. The molecule has 0 bridgehead atoms. The Morgan fingerprint density at radius 1 is 1.23 bits per heavy atom. The zero-order chi connectivity index (χ0) is 22.0. The highest BCUT2D eigenvalue weighted by Crippen LogP contribution is 2.35. The summed E-state index contributed by atoms with van der Waals surface area (Å²) < 4.78 is 39.2. The lowest BCUT2D eigenvalue weighted by Gasteiger charge is -2.14. The van der Waals surface area contributed by atoms with Gasteiger partial charge in [-0.2, -0.15) is 0 Å². The van der Waals surface area contributed by atoms with Crippen LogP contribution >= 0.6 is 0 Å². The van der Waals surface area contributed by atoms with E-state index in [2.05, 4.69) is 10.0 Å². The topological polar surface area (TPSA) is 93.7 Å². The maximum atomic E-state index is 12.7. The Kier molecular flexibility index (Phi) is 6.20. The molecule has 31 heavy (non-hydrogen) atoms. The average Bonchev–Trinajstić information content (AvgIpc) is 3.51. The Hall–Kier alpha value is -2.58. The van der Waals surface area contributed by atoms with Crippen LogP contribution in [0.3, 0.4) is 0 Å². The second-order valence-corrected chi connectivity index (χ2v) is 9.91. The third kappa shape index (κ3) is 5.19. The largest absolute Gasteiger partial charge is 0.494 e. The monoisotopic (exact) mass is 444 g/mol. The van der Waals surface area contributed by atoms with Gasteiger partial charge in [-0.15, -0.1) is 0 Å². The third-order valence-corrected chi connectivity index (χ3v) is 6.91. The molecule has 0 spiro atoms. The van der Waals surface area contributed by atoms with E-state index in [-0.39, 0.29) is 23.5 Å². The number of ether oxygens (including phenoxy) is 2. The van der Waals surface area contributed by atoms with Crippen LogP contribution in [-0.4, -0.2) is 33.6 Å². The van der Waals surface area contributed by atoms with Gasteiger partial charge in [0.2, 0.25) is 10.0 Å². The summed E-state index contributed by atoms with van der Waals surface area (Å²) in [5.74, 6) is 1.62. The van der Waals surface area contributed by atoms with E-state index < -0.39 is 10.0 Å². The van der Waals surface area contributed by atoms with Crippen molar-refractivity contribution in [1.82, 2.24) is 10.0 Å². The number of amides is 1. The molecule has 166 valence electrons. The van der Waals surface area contributed by atoms with Crippen molar-refractivity contribution >= 4 is 15.9 Å². The minimum absolute atomic E-state index is 0.0933. The number of hydrogen-bond donors (Lipinski definition) is 2. The van der Waals surface area contributed by atoms with E-state index in [0.29, 0.717) is 24.6 Å². The molecule has 0 unspecified atom stereocenters. The van der Waals surface area contributed by atoms with Crippen LogP contribution in [0.1, 0.15) is 48.2 Å². The summed E-state index contributed by atoms with van der Waals surface area (Å²) in [6.07, 6.45) is 3.06. The van der Waals surface area contributed by atoms with Crippen LogP contribution in [0.2, 0.25) is 0 Å². The minimum atomic E-state index is -3.63. The molecule has 1 aliphatic carbocycles. The van der Waals surface area contributed by atoms with E-state index >= 15 is 0 Å². The van der Waals surface area contributed by atoms with Crippen LogP contribution in [0.15, 0.2) is 41.3 Å². The van der Waals surface area contributed by atoms with Gasteiger partial charge in [0.05, 0.1) is 11.5 Å². The van der Waals surface area contributed by atoms with Crippen molar-refractivity contribution in [2.45, 2.75) is 50.7 Å². The van der Waals surface area contributed by atoms with Crippen molar-refractivity contribution in [1.29, 1.82) is 0 Å². The zero-order valence-electron chi connectivity index (χ0n) is 17.8. The van der Waals surface area contributed by atoms with Crippen LogP contribution in [-0.2, 0) is 23.0 Å². The molecule has 2 aliphatic rings. The molecule has 8 heteroatoms. The molecule has 1 heterocycles. The maximum Gasteiger partial charge on any atom is 0.251 e. The quantitative estimate of drug-likeness (QED) is 0.620. The molecule has 2 aromatic carbocycles. The SMILES string of the molecule is CCOc1cc2c(cc1CNC(=O)c1cccc(S(=O)(=O)NCC3CC3)c1)O[C@H](C)C2. The first-order chi connectivity index (χ1) is 14.9. The van der Waals surface area contributed by atoms with Gasteiger partial charge in [-0.1, -0.05) is 6.07 Å². The van der Waals surface area contributed by atoms with Gasteiger partial charge in [-0.25, -0.2) is 13.1 Å². The summed E-state index contributed by atoms with van der Waals surface area (Å²) in [7, 11) is -3.63. The molecule has 1 fully saturated rings. The second kappa shape index (κ2) is 8.88. The average molecular weight is 445 g/mol. The molecular weight excluding hydrogens is 416 g/mol. The predicted molar refractivity (Wildman–Crippen MR) is 117 cm³/mol. The number of sulfonamides is 1. The van der Waals surface area contributed by atoms with Gasteiger partial charge < -0.3 is 14.8 Å². The molecule has 2 N–H and O–H groups in total. The lowest BCUT2D eigenvalue weighted by Crippen LogP contribution is -2.27. The summed E-state index contributed by atoms with van der Waals surface area (Å²) in [5.41, 5.74) is 2.21. The number of carbonyl (C=O) groups is 1. The molecule has 1 saturated carbocycles. The van der Waals surface area contributed by atoms with E-state index in [1.165, 1.54) is 12.1 Å². The fourth-order valence-electron chi connectivity index (χ4n) is 3.62. The van der Waals surface area contributed by atoms with Gasteiger partial charge in [0.1, 0.15) is 17.6 Å². The summed E-state index contributed by atoms with van der Waals surface area (Å²) >= 11 is 0. The fraction of sp³-hybridized carbons (Fsp3) is 0.435. The van der Waals surface area contributed by atoms with Crippen molar-refractivity contribution in [3.05, 3.63) is 53.1 Å². The Bertz CT molecular complexity index is 1080. The number of fused-ring (bicyclic) bond motifs is 1. The Balaban J connectivity index is 1.46. The number of rotatable bonds is 9. The van der Waals surface area contributed by atoms with Crippen molar-refractivity contribution in [3.63, 3.8) is 0 Å². The lowest BCUT2D eigenvalue weighted by atomic mass is 10.1. The molecule has 4 rings (SSSR count). The second-order valence-electron chi connectivity index (χ2n) is 8.14. The first kappa shape index (κ1) is 21.6. The van der Waals surface area contributed by atoms with Gasteiger partial charge in [-0.3, -0.25) is 4.79 Å². The first-order valence-electron chi connectivity index (χ1n) is 10.7. The molecule has 0 aromatic heterocycles. The van der Waals surface area contributed by atoms with Crippen molar-refractivity contribution in [2.75, 3.05) is 13.2 Å². The van der Waals surface area contributed by atoms with Crippen molar-refractivity contribution in [3.8, 4) is 11.5 Å². The number of benzene rings is 2.